The number of nitrogen functional groups attached to an aromatic ring is 1. The number of benzene rings is 1. The van der Waals surface area contributed by atoms with Crippen LogP contribution in [-0.2, 0) is 0 Å². The Bertz CT molecular complexity index is 499. The molecule has 84 valence electrons. The summed E-state index contributed by atoms with van der Waals surface area (Å²) in [6.45, 7) is 6.11. The van der Waals surface area contributed by atoms with E-state index in [1.54, 1.807) is 0 Å². The van der Waals surface area contributed by atoms with Gasteiger partial charge in [0.2, 0.25) is 0 Å². The first-order valence-corrected chi connectivity index (χ1v) is 5.37. The molecule has 2 rings (SSSR count). The van der Waals surface area contributed by atoms with E-state index in [4.69, 9.17) is 5.73 Å². The second-order valence-electron chi connectivity index (χ2n) is 4.18. The molecule has 16 heavy (non-hydrogen) atoms. The maximum Gasteiger partial charge on any atom is 0.153 e. The Kier molecular flexibility index (Phi) is 2.64. The Balaban J connectivity index is 2.48. The van der Waals surface area contributed by atoms with E-state index >= 15 is 0 Å². The van der Waals surface area contributed by atoms with Gasteiger partial charge in [0, 0.05) is 11.6 Å². The van der Waals surface area contributed by atoms with Gasteiger partial charge in [-0.15, -0.1) is 0 Å². The zero-order valence-electron chi connectivity index (χ0n) is 9.81. The molecule has 0 aliphatic rings. The summed E-state index contributed by atoms with van der Waals surface area (Å²) < 4.78 is 1.83. The molecule has 4 heteroatoms. The number of hydrogen-bond donors (Lipinski definition) is 1. The van der Waals surface area contributed by atoms with Crippen LogP contribution in [0.15, 0.2) is 24.3 Å². The van der Waals surface area contributed by atoms with Gasteiger partial charge in [-0.1, -0.05) is 19.9 Å². The monoisotopic (exact) mass is 216 g/mol. The second-order valence-corrected chi connectivity index (χ2v) is 4.18. The molecule has 1 aromatic heterocycles. The lowest BCUT2D eigenvalue weighted by molar-refractivity contribution is 0.751. The molecule has 4 nitrogen and oxygen atoms in total. The largest absolute Gasteiger partial charge is 0.399 e. The van der Waals surface area contributed by atoms with Crippen molar-refractivity contribution < 1.29 is 0 Å². The SMILES string of the molecule is Cc1nc(C(C)C)nn1-c1cccc(N)c1. The topological polar surface area (TPSA) is 56.7 Å². The first-order valence-electron chi connectivity index (χ1n) is 5.37. The van der Waals surface area contributed by atoms with Crippen molar-refractivity contribution in [2.24, 2.45) is 0 Å². The number of hydrogen-bond acceptors (Lipinski definition) is 3. The third-order valence-electron chi connectivity index (χ3n) is 2.42. The Morgan fingerprint density at radius 1 is 1.31 bits per heavy atom. The molecule has 1 aromatic carbocycles. The van der Waals surface area contributed by atoms with Crippen LogP contribution in [0.1, 0.15) is 31.4 Å². The van der Waals surface area contributed by atoms with Crippen LogP contribution in [-0.4, -0.2) is 14.8 Å². The Labute approximate surface area is 95.1 Å². The molecule has 2 aromatic rings. The normalized spacial score (nSPS) is 11.0. The summed E-state index contributed by atoms with van der Waals surface area (Å²) in [5.74, 6) is 2.08. The van der Waals surface area contributed by atoms with Gasteiger partial charge in [-0.3, -0.25) is 0 Å². The van der Waals surface area contributed by atoms with Crippen LogP contribution < -0.4 is 5.73 Å². The lowest BCUT2D eigenvalue weighted by Crippen LogP contribution is -2.00. The van der Waals surface area contributed by atoms with Crippen molar-refractivity contribution in [1.82, 2.24) is 14.8 Å². The fourth-order valence-electron chi connectivity index (χ4n) is 1.56. The first-order chi connectivity index (χ1) is 7.58. The van der Waals surface area contributed by atoms with Crippen molar-refractivity contribution in [2.75, 3.05) is 5.73 Å². The molecule has 0 aliphatic heterocycles. The van der Waals surface area contributed by atoms with E-state index in [0.29, 0.717) is 5.92 Å². The number of nitrogens with zero attached hydrogens (tertiary/aromatic N) is 3. The van der Waals surface area contributed by atoms with E-state index in [9.17, 15) is 0 Å². The van der Waals surface area contributed by atoms with Crippen molar-refractivity contribution in [1.29, 1.82) is 0 Å². The zero-order chi connectivity index (χ0) is 11.7. The molecule has 0 saturated carbocycles. The molecule has 0 unspecified atom stereocenters. The predicted molar refractivity (Wildman–Crippen MR) is 64.6 cm³/mol. The number of aryl methyl sites for hydroxylation is 1. The highest BCUT2D eigenvalue weighted by Gasteiger charge is 2.10. The summed E-state index contributed by atoms with van der Waals surface area (Å²) in [5, 5.41) is 4.47. The molecule has 0 spiro atoms. The number of nitrogens with two attached hydrogens (primary N) is 1. The van der Waals surface area contributed by atoms with Crippen LogP contribution in [0, 0.1) is 6.92 Å². The predicted octanol–water partition coefficient (Wildman–Crippen LogP) is 2.28. The molecule has 0 amide bonds. The van der Waals surface area contributed by atoms with Gasteiger partial charge in [0.15, 0.2) is 5.82 Å². The maximum absolute atomic E-state index is 5.75. The van der Waals surface area contributed by atoms with Crippen molar-refractivity contribution in [3.8, 4) is 5.69 Å². The van der Waals surface area contributed by atoms with Gasteiger partial charge in [-0.2, -0.15) is 5.10 Å². The van der Waals surface area contributed by atoms with E-state index in [1.165, 1.54) is 0 Å². The highest BCUT2D eigenvalue weighted by molar-refractivity contribution is 5.47. The van der Waals surface area contributed by atoms with Crippen molar-refractivity contribution in [3.63, 3.8) is 0 Å². The summed E-state index contributed by atoms with van der Waals surface area (Å²) in [6, 6.07) is 7.65. The third kappa shape index (κ3) is 1.91. The third-order valence-corrected chi connectivity index (χ3v) is 2.42. The number of anilines is 1. The van der Waals surface area contributed by atoms with Crippen LogP contribution in [0.4, 0.5) is 5.69 Å². The summed E-state index contributed by atoms with van der Waals surface area (Å²) in [4.78, 5) is 4.43. The van der Waals surface area contributed by atoms with Gasteiger partial charge >= 0.3 is 0 Å². The lowest BCUT2D eigenvalue weighted by atomic mass is 10.2. The van der Waals surface area contributed by atoms with Crippen LogP contribution in [0.3, 0.4) is 0 Å². The van der Waals surface area contributed by atoms with Gasteiger partial charge in [0.25, 0.3) is 0 Å². The number of aromatic nitrogens is 3. The van der Waals surface area contributed by atoms with Crippen LogP contribution in [0.5, 0.6) is 0 Å². The molecule has 0 aliphatic carbocycles. The van der Waals surface area contributed by atoms with Gasteiger partial charge in [-0.05, 0) is 25.1 Å². The molecule has 0 fully saturated rings. The highest BCUT2D eigenvalue weighted by atomic mass is 15.3. The van der Waals surface area contributed by atoms with Crippen molar-refractivity contribution in [3.05, 3.63) is 35.9 Å². The van der Waals surface area contributed by atoms with Crippen molar-refractivity contribution >= 4 is 5.69 Å². The van der Waals surface area contributed by atoms with E-state index in [0.717, 1.165) is 23.0 Å². The van der Waals surface area contributed by atoms with E-state index in [1.807, 2.05) is 35.9 Å². The van der Waals surface area contributed by atoms with E-state index in [2.05, 4.69) is 23.9 Å². The number of rotatable bonds is 2. The van der Waals surface area contributed by atoms with Crippen LogP contribution >= 0.6 is 0 Å². The van der Waals surface area contributed by atoms with Crippen LogP contribution in [0.25, 0.3) is 5.69 Å². The quantitative estimate of drug-likeness (QED) is 0.783. The maximum atomic E-state index is 5.75. The van der Waals surface area contributed by atoms with E-state index in [-0.39, 0.29) is 0 Å². The Morgan fingerprint density at radius 3 is 2.62 bits per heavy atom. The Hall–Kier alpha value is -1.84. The summed E-state index contributed by atoms with van der Waals surface area (Å²) >= 11 is 0. The van der Waals surface area contributed by atoms with Gasteiger partial charge in [0.05, 0.1) is 5.69 Å². The molecule has 1 heterocycles. The van der Waals surface area contributed by atoms with Gasteiger partial charge in [-0.25, -0.2) is 9.67 Å². The molecule has 0 radical (unpaired) electrons. The second kappa shape index (κ2) is 3.96. The fraction of sp³-hybridized carbons (Fsp3) is 0.333. The molecule has 2 N–H and O–H groups in total. The van der Waals surface area contributed by atoms with Crippen LogP contribution in [0.2, 0.25) is 0 Å². The summed E-state index contributed by atoms with van der Waals surface area (Å²) in [5.41, 5.74) is 7.44. The fourth-order valence-corrected chi connectivity index (χ4v) is 1.56. The minimum absolute atomic E-state index is 0.334. The minimum atomic E-state index is 0.334. The molecule has 0 atom stereocenters. The lowest BCUT2D eigenvalue weighted by Gasteiger charge is -2.03. The van der Waals surface area contributed by atoms with Gasteiger partial charge in [0.1, 0.15) is 5.82 Å². The average Bonchev–Trinajstić information content (AvgIpc) is 2.60. The minimum Gasteiger partial charge on any atom is -0.399 e. The summed E-state index contributed by atoms with van der Waals surface area (Å²) in [6.07, 6.45) is 0. The first kappa shape index (κ1) is 10.7. The highest BCUT2D eigenvalue weighted by Crippen LogP contribution is 2.16. The average molecular weight is 216 g/mol. The molecule has 0 saturated heterocycles. The molecule has 0 bridgehead atoms. The molecular formula is C12H16N4. The standard InChI is InChI=1S/C12H16N4/c1-8(2)12-14-9(3)16(15-12)11-6-4-5-10(13)7-11/h4-8H,13H2,1-3H3. The zero-order valence-corrected chi connectivity index (χ0v) is 9.81. The van der Waals surface area contributed by atoms with Gasteiger partial charge < -0.3 is 5.73 Å². The summed E-state index contributed by atoms with van der Waals surface area (Å²) in [7, 11) is 0. The Morgan fingerprint density at radius 2 is 2.06 bits per heavy atom. The molecular weight excluding hydrogens is 200 g/mol. The van der Waals surface area contributed by atoms with Crippen molar-refractivity contribution in [2.45, 2.75) is 26.7 Å². The van der Waals surface area contributed by atoms with E-state index < -0.39 is 0 Å². The smallest absolute Gasteiger partial charge is 0.153 e.